The predicted octanol–water partition coefficient (Wildman–Crippen LogP) is 3.12. The standard InChI is InChI=1S/C20H29N3O6/c1-3-4-5-6-7-8-9-10-11-12-20(19(28)29-14(2)13-21)22-15(17(24)25)16(23-20)18(26)27/h14H,3-12H2,1-2H3,(H,24,25)(H,26,27). The topological polar surface area (TPSA) is 149 Å². The lowest BCUT2D eigenvalue weighted by Crippen LogP contribution is -2.37. The van der Waals surface area contributed by atoms with Crippen molar-refractivity contribution in [2.45, 2.75) is 89.8 Å². The van der Waals surface area contributed by atoms with Crippen molar-refractivity contribution in [1.29, 1.82) is 5.26 Å². The summed E-state index contributed by atoms with van der Waals surface area (Å²) in [5, 5.41) is 27.3. The fraction of sp³-hybridized carbons (Fsp3) is 0.700. The largest absolute Gasteiger partial charge is 0.476 e. The van der Waals surface area contributed by atoms with Gasteiger partial charge in [0.1, 0.15) is 6.07 Å². The molecule has 9 nitrogen and oxygen atoms in total. The average Bonchev–Trinajstić information content (AvgIpc) is 3.08. The summed E-state index contributed by atoms with van der Waals surface area (Å²) in [4.78, 5) is 42.9. The van der Waals surface area contributed by atoms with E-state index in [0.717, 1.165) is 25.7 Å². The number of unbranched alkanes of at least 4 members (excludes halogenated alkanes) is 8. The molecular weight excluding hydrogens is 378 g/mol. The molecule has 0 aromatic heterocycles. The summed E-state index contributed by atoms with van der Waals surface area (Å²) in [6.07, 6.45) is 8.18. The van der Waals surface area contributed by atoms with E-state index >= 15 is 0 Å². The minimum atomic E-state index is -1.96. The van der Waals surface area contributed by atoms with Gasteiger partial charge in [0.25, 0.3) is 0 Å². The molecule has 1 heterocycles. The molecule has 0 saturated heterocycles. The van der Waals surface area contributed by atoms with Crippen molar-refractivity contribution in [1.82, 2.24) is 0 Å². The van der Waals surface area contributed by atoms with Gasteiger partial charge < -0.3 is 14.9 Å². The second-order valence-electron chi connectivity index (χ2n) is 7.10. The number of carbonyl (C=O) groups is 3. The van der Waals surface area contributed by atoms with Crippen LogP contribution in [0, 0.1) is 11.3 Å². The number of carboxylic acids is 2. The van der Waals surface area contributed by atoms with Crippen molar-refractivity contribution in [2.75, 3.05) is 0 Å². The highest BCUT2D eigenvalue weighted by Gasteiger charge is 2.48. The van der Waals surface area contributed by atoms with Gasteiger partial charge in [-0.3, -0.25) is 0 Å². The lowest BCUT2D eigenvalue weighted by molar-refractivity contribution is -0.152. The van der Waals surface area contributed by atoms with Crippen LogP contribution in [0.3, 0.4) is 0 Å². The molecule has 1 aliphatic rings. The third-order valence-corrected chi connectivity index (χ3v) is 4.64. The van der Waals surface area contributed by atoms with Crippen LogP contribution in [0.2, 0.25) is 0 Å². The van der Waals surface area contributed by atoms with Crippen molar-refractivity contribution in [3.05, 3.63) is 0 Å². The van der Waals surface area contributed by atoms with Crippen molar-refractivity contribution in [2.24, 2.45) is 9.98 Å². The van der Waals surface area contributed by atoms with E-state index in [1.54, 1.807) is 6.07 Å². The van der Waals surface area contributed by atoms with Crippen LogP contribution in [-0.4, -0.2) is 51.3 Å². The lowest BCUT2D eigenvalue weighted by atomic mass is 10.0. The number of hydrogen-bond donors (Lipinski definition) is 2. The Morgan fingerprint density at radius 3 is 1.83 bits per heavy atom. The fourth-order valence-electron chi connectivity index (χ4n) is 3.07. The van der Waals surface area contributed by atoms with Crippen LogP contribution in [0.1, 0.15) is 78.1 Å². The lowest BCUT2D eigenvalue weighted by Gasteiger charge is -2.21. The molecule has 0 bridgehead atoms. The third-order valence-electron chi connectivity index (χ3n) is 4.64. The average molecular weight is 407 g/mol. The van der Waals surface area contributed by atoms with Gasteiger partial charge >= 0.3 is 17.9 Å². The number of aliphatic carboxylic acids is 2. The number of rotatable bonds is 14. The molecule has 0 aromatic rings. The number of carbonyl (C=O) groups excluding carboxylic acids is 1. The van der Waals surface area contributed by atoms with Crippen molar-refractivity contribution in [3.63, 3.8) is 0 Å². The fourth-order valence-corrected chi connectivity index (χ4v) is 3.07. The minimum absolute atomic E-state index is 0.0212. The van der Waals surface area contributed by atoms with E-state index in [4.69, 9.17) is 10.00 Å². The molecular formula is C20H29N3O6. The molecule has 2 N–H and O–H groups in total. The summed E-state index contributed by atoms with van der Waals surface area (Å²) < 4.78 is 4.98. The van der Waals surface area contributed by atoms with Gasteiger partial charge in [0.05, 0.1) is 0 Å². The van der Waals surface area contributed by atoms with Gasteiger partial charge in [-0.25, -0.2) is 24.4 Å². The number of ether oxygens (including phenoxy) is 1. The summed E-state index contributed by atoms with van der Waals surface area (Å²) >= 11 is 0. The van der Waals surface area contributed by atoms with E-state index < -0.39 is 41.1 Å². The monoisotopic (exact) mass is 407 g/mol. The third kappa shape index (κ3) is 7.29. The second-order valence-corrected chi connectivity index (χ2v) is 7.10. The molecule has 1 unspecified atom stereocenters. The molecule has 0 spiro atoms. The molecule has 0 aromatic carbocycles. The first kappa shape index (κ1) is 24.3. The SMILES string of the molecule is CCCCCCCCCCCC1(C(=O)OC(C)C#N)N=C(C(=O)O)C(C(=O)O)=N1. The molecule has 9 heteroatoms. The van der Waals surface area contributed by atoms with Gasteiger partial charge in [0.2, 0.25) is 5.66 Å². The van der Waals surface area contributed by atoms with E-state index in [2.05, 4.69) is 16.9 Å². The van der Waals surface area contributed by atoms with Gasteiger partial charge in [-0.05, 0) is 13.3 Å². The number of carboxylic acid groups (broad SMARTS) is 2. The molecule has 0 saturated carbocycles. The summed E-state index contributed by atoms with van der Waals surface area (Å²) in [6.45, 7) is 3.51. The number of hydrogen-bond acceptors (Lipinski definition) is 7. The zero-order valence-corrected chi connectivity index (χ0v) is 17.0. The summed E-state index contributed by atoms with van der Waals surface area (Å²) in [6, 6.07) is 1.74. The Kier molecular flexibility index (Phi) is 10.00. The first-order chi connectivity index (χ1) is 13.8. The number of esters is 1. The number of nitriles is 1. The number of nitrogens with zero attached hydrogens (tertiary/aromatic N) is 3. The first-order valence-corrected chi connectivity index (χ1v) is 10.0. The molecule has 160 valence electrons. The van der Waals surface area contributed by atoms with Crippen molar-refractivity contribution >= 4 is 29.3 Å². The van der Waals surface area contributed by atoms with Crippen LogP contribution in [0.25, 0.3) is 0 Å². The normalized spacial score (nSPS) is 15.8. The van der Waals surface area contributed by atoms with Crippen LogP contribution in [0.4, 0.5) is 0 Å². The smallest absolute Gasteiger partial charge is 0.358 e. The quantitative estimate of drug-likeness (QED) is 0.332. The van der Waals surface area contributed by atoms with Gasteiger partial charge in [0.15, 0.2) is 17.5 Å². The Morgan fingerprint density at radius 2 is 1.41 bits per heavy atom. The second kappa shape index (κ2) is 11.9. The van der Waals surface area contributed by atoms with Crippen LogP contribution < -0.4 is 0 Å². The molecule has 1 aliphatic heterocycles. The molecule has 1 atom stereocenters. The highest BCUT2D eigenvalue weighted by molar-refractivity contribution is 6.79. The number of aliphatic imine (C=N–C) groups is 2. The van der Waals surface area contributed by atoms with Gasteiger partial charge in [-0.1, -0.05) is 58.3 Å². The van der Waals surface area contributed by atoms with E-state index in [1.165, 1.54) is 32.6 Å². The molecule has 0 aliphatic carbocycles. The maximum atomic E-state index is 12.6. The van der Waals surface area contributed by atoms with Gasteiger partial charge in [0, 0.05) is 6.42 Å². The van der Waals surface area contributed by atoms with Crippen molar-refractivity contribution < 1.29 is 29.3 Å². The van der Waals surface area contributed by atoms with Crippen LogP contribution in [0.15, 0.2) is 9.98 Å². The zero-order chi connectivity index (χ0) is 21.9. The molecule has 0 amide bonds. The van der Waals surface area contributed by atoms with E-state index in [9.17, 15) is 24.6 Å². The van der Waals surface area contributed by atoms with Gasteiger partial charge in [-0.2, -0.15) is 5.26 Å². The Balaban J connectivity index is 2.79. The predicted molar refractivity (Wildman–Crippen MR) is 106 cm³/mol. The molecule has 29 heavy (non-hydrogen) atoms. The van der Waals surface area contributed by atoms with Crippen LogP contribution >= 0.6 is 0 Å². The Morgan fingerprint density at radius 1 is 0.966 bits per heavy atom. The summed E-state index contributed by atoms with van der Waals surface area (Å²) in [5.74, 6) is -4.18. The Bertz CT molecular complexity index is 677. The van der Waals surface area contributed by atoms with Crippen LogP contribution in [-0.2, 0) is 19.1 Å². The first-order valence-electron chi connectivity index (χ1n) is 10.0. The summed E-state index contributed by atoms with van der Waals surface area (Å²) in [5.41, 5.74) is -3.53. The van der Waals surface area contributed by atoms with Gasteiger partial charge in [-0.15, -0.1) is 0 Å². The highest BCUT2D eigenvalue weighted by atomic mass is 16.5. The van der Waals surface area contributed by atoms with Crippen molar-refractivity contribution in [3.8, 4) is 6.07 Å². The molecule has 0 radical (unpaired) electrons. The Hall–Kier alpha value is -2.76. The highest BCUT2D eigenvalue weighted by Crippen LogP contribution is 2.29. The maximum Gasteiger partial charge on any atom is 0.358 e. The molecule has 1 rings (SSSR count). The summed E-state index contributed by atoms with van der Waals surface area (Å²) in [7, 11) is 0. The minimum Gasteiger partial charge on any atom is -0.476 e. The Labute approximate surface area is 170 Å². The zero-order valence-electron chi connectivity index (χ0n) is 17.0. The molecule has 0 fully saturated rings. The van der Waals surface area contributed by atoms with E-state index in [-0.39, 0.29) is 6.42 Å². The van der Waals surface area contributed by atoms with E-state index in [0.29, 0.717) is 6.42 Å². The maximum absolute atomic E-state index is 12.6. The van der Waals surface area contributed by atoms with Crippen LogP contribution in [0.5, 0.6) is 0 Å². The van der Waals surface area contributed by atoms with E-state index in [1.807, 2.05) is 0 Å².